The van der Waals surface area contributed by atoms with Gasteiger partial charge in [0.05, 0.1) is 17.8 Å². The maximum atomic E-state index is 14.6. The van der Waals surface area contributed by atoms with Crippen molar-refractivity contribution in [3.8, 4) is 11.1 Å². The molecule has 2 aliphatic rings. The third kappa shape index (κ3) is 4.18. The van der Waals surface area contributed by atoms with Crippen molar-refractivity contribution in [2.75, 3.05) is 4.90 Å². The second kappa shape index (κ2) is 9.62. The number of nitrogens with zero attached hydrogens (tertiary/aromatic N) is 5. The molecule has 4 aromatic rings. The molecule has 9 heteroatoms. The van der Waals surface area contributed by atoms with Gasteiger partial charge in [-0.2, -0.15) is 0 Å². The first kappa shape index (κ1) is 24.7. The number of aliphatic hydroxyl groups excluding tert-OH is 1. The summed E-state index contributed by atoms with van der Waals surface area (Å²) in [4.78, 5) is 25.0. The molecule has 1 saturated carbocycles. The van der Waals surface area contributed by atoms with E-state index in [1.807, 2.05) is 32.2 Å². The molecule has 0 radical (unpaired) electrons. The zero-order valence-electron chi connectivity index (χ0n) is 21.9. The summed E-state index contributed by atoms with van der Waals surface area (Å²) in [5.41, 5.74) is 5.14. The van der Waals surface area contributed by atoms with Crippen LogP contribution in [0.5, 0.6) is 0 Å². The average Bonchev–Trinajstić information content (AvgIpc) is 3.45. The summed E-state index contributed by atoms with van der Waals surface area (Å²) in [5, 5.41) is 14.3. The summed E-state index contributed by atoms with van der Waals surface area (Å²) in [6.07, 6.45) is 6.40. The number of piperidine rings is 1. The molecule has 4 heterocycles. The summed E-state index contributed by atoms with van der Waals surface area (Å²) < 4.78 is 22.2. The molecule has 0 spiro atoms. The van der Waals surface area contributed by atoms with Crippen molar-refractivity contribution in [2.24, 2.45) is 0 Å². The zero-order valence-corrected chi connectivity index (χ0v) is 21.9. The Morgan fingerprint density at radius 3 is 2.58 bits per heavy atom. The zero-order chi connectivity index (χ0) is 26.6. The van der Waals surface area contributed by atoms with E-state index in [0.29, 0.717) is 30.5 Å². The fourth-order valence-corrected chi connectivity index (χ4v) is 6.11. The topological polar surface area (TPSA) is 97.3 Å². The van der Waals surface area contributed by atoms with Gasteiger partial charge in [-0.25, -0.2) is 14.4 Å². The van der Waals surface area contributed by atoms with Crippen LogP contribution >= 0.6 is 0 Å². The van der Waals surface area contributed by atoms with Crippen LogP contribution in [0.15, 0.2) is 35.0 Å². The predicted octanol–water partition coefficient (Wildman–Crippen LogP) is 5.88. The minimum absolute atomic E-state index is 0.0356. The molecule has 0 unspecified atom stereocenters. The number of amides is 1. The maximum absolute atomic E-state index is 14.6. The van der Waals surface area contributed by atoms with E-state index in [2.05, 4.69) is 9.72 Å². The van der Waals surface area contributed by atoms with Gasteiger partial charge in [0.15, 0.2) is 5.65 Å². The average molecular weight is 518 g/mol. The Morgan fingerprint density at radius 2 is 1.87 bits per heavy atom. The first-order valence-electron chi connectivity index (χ1n) is 13.4. The van der Waals surface area contributed by atoms with Crippen molar-refractivity contribution < 1.29 is 18.8 Å². The number of rotatable bonds is 4. The second-order valence-corrected chi connectivity index (χ2v) is 10.7. The Bertz CT molecular complexity index is 1500. The van der Waals surface area contributed by atoms with Crippen LogP contribution in [0.1, 0.15) is 79.9 Å². The lowest BCUT2D eigenvalue weighted by molar-refractivity contribution is -0.120. The van der Waals surface area contributed by atoms with Gasteiger partial charge in [-0.05, 0) is 83.1 Å². The molecule has 38 heavy (non-hydrogen) atoms. The molecule has 1 aliphatic carbocycles. The van der Waals surface area contributed by atoms with E-state index in [0.717, 1.165) is 65.3 Å². The van der Waals surface area contributed by atoms with Crippen molar-refractivity contribution >= 4 is 22.8 Å². The summed E-state index contributed by atoms with van der Waals surface area (Å²) in [6.45, 7) is 5.50. The van der Waals surface area contributed by atoms with E-state index in [1.54, 1.807) is 17.9 Å². The number of aliphatic hydroxyl groups is 1. The van der Waals surface area contributed by atoms with Gasteiger partial charge >= 0.3 is 0 Å². The Labute approximate surface area is 220 Å². The number of imidazole rings is 1. The number of aryl methyl sites for hydroxylation is 3. The Morgan fingerprint density at radius 1 is 1.08 bits per heavy atom. The number of hydrogen-bond acceptors (Lipinski definition) is 6. The van der Waals surface area contributed by atoms with E-state index < -0.39 is 0 Å². The molecule has 1 aromatic carbocycles. The van der Waals surface area contributed by atoms with Gasteiger partial charge in [0.25, 0.3) is 0 Å². The summed E-state index contributed by atoms with van der Waals surface area (Å²) in [6, 6.07) is 6.74. The second-order valence-electron chi connectivity index (χ2n) is 10.7. The molecular weight excluding hydrogens is 485 g/mol. The Balaban J connectivity index is 1.51. The highest BCUT2D eigenvalue weighted by atomic mass is 19.1. The molecular formula is C29H32FN5O3. The van der Waals surface area contributed by atoms with Gasteiger partial charge in [0.2, 0.25) is 5.91 Å². The van der Waals surface area contributed by atoms with E-state index in [9.17, 15) is 14.3 Å². The van der Waals surface area contributed by atoms with Gasteiger partial charge in [-0.3, -0.25) is 4.79 Å². The van der Waals surface area contributed by atoms with Crippen molar-refractivity contribution in [3.63, 3.8) is 0 Å². The molecule has 3 aromatic heterocycles. The highest BCUT2D eigenvalue weighted by Crippen LogP contribution is 2.41. The quantitative estimate of drug-likeness (QED) is 0.363. The fraction of sp³-hybridized carbons (Fsp3) is 0.448. The number of halogens is 1. The lowest BCUT2D eigenvalue weighted by atomic mass is 9.92. The summed E-state index contributed by atoms with van der Waals surface area (Å²) >= 11 is 0. The van der Waals surface area contributed by atoms with Crippen LogP contribution in [0.2, 0.25) is 0 Å². The van der Waals surface area contributed by atoms with Crippen LogP contribution in [0, 0.1) is 26.6 Å². The lowest BCUT2D eigenvalue weighted by Gasteiger charge is -2.37. The van der Waals surface area contributed by atoms with Crippen molar-refractivity contribution in [1.82, 2.24) is 19.7 Å². The number of carbonyl (C=O) groups excluding carboxylic acids is 1. The molecule has 0 bridgehead atoms. The van der Waals surface area contributed by atoms with Crippen molar-refractivity contribution in [1.29, 1.82) is 0 Å². The third-order valence-electron chi connectivity index (χ3n) is 8.09. The Hall–Kier alpha value is -3.59. The fourth-order valence-electron chi connectivity index (χ4n) is 6.11. The van der Waals surface area contributed by atoms with E-state index in [-0.39, 0.29) is 29.9 Å². The number of aromatic nitrogens is 4. The Kier molecular flexibility index (Phi) is 6.26. The number of fused-ring (bicyclic) bond motifs is 1. The van der Waals surface area contributed by atoms with Gasteiger partial charge in [0.1, 0.15) is 22.9 Å². The SMILES string of the molecule is Cc1ccc(N2C(=O)CCC[C@H]2c2nc3cc(-c4c(C)noc4C)cnc3n2C2CCC(O)CC2)cc1F. The van der Waals surface area contributed by atoms with E-state index >= 15 is 0 Å². The molecule has 1 atom stereocenters. The summed E-state index contributed by atoms with van der Waals surface area (Å²) in [7, 11) is 0. The number of benzene rings is 1. The normalized spacial score (nSPS) is 22.4. The minimum Gasteiger partial charge on any atom is -0.393 e. The molecule has 198 valence electrons. The first-order valence-corrected chi connectivity index (χ1v) is 13.4. The van der Waals surface area contributed by atoms with Gasteiger partial charge < -0.3 is 19.1 Å². The van der Waals surface area contributed by atoms with Crippen LogP contribution in [0.4, 0.5) is 10.1 Å². The molecule has 2 fully saturated rings. The van der Waals surface area contributed by atoms with E-state index in [4.69, 9.17) is 14.5 Å². The molecule has 6 rings (SSSR count). The van der Waals surface area contributed by atoms with Crippen LogP contribution < -0.4 is 4.90 Å². The van der Waals surface area contributed by atoms with Crippen LogP contribution in [-0.2, 0) is 4.79 Å². The highest BCUT2D eigenvalue weighted by Gasteiger charge is 2.37. The number of carbonyl (C=O) groups is 1. The standard InChI is InChI=1S/C29H32FN5O3/c1-16-7-8-21(14-23(16)30)34-25(5-4-6-26(34)37)29-32-24-13-19(27-17(2)33-38-18(27)3)15-31-28(24)35(29)20-9-11-22(36)12-10-20/h7-8,13-15,20,22,25,36H,4-6,9-12H2,1-3H3/t20?,22?,25-/m0/s1. The molecule has 1 aliphatic heterocycles. The summed E-state index contributed by atoms with van der Waals surface area (Å²) in [5.74, 6) is 1.11. The molecule has 1 saturated heterocycles. The highest BCUT2D eigenvalue weighted by molar-refractivity contribution is 5.95. The largest absolute Gasteiger partial charge is 0.393 e. The van der Waals surface area contributed by atoms with Gasteiger partial charge in [-0.1, -0.05) is 11.2 Å². The van der Waals surface area contributed by atoms with Gasteiger partial charge in [-0.15, -0.1) is 0 Å². The lowest BCUT2D eigenvalue weighted by Crippen LogP contribution is -2.40. The van der Waals surface area contributed by atoms with Crippen LogP contribution in [0.3, 0.4) is 0 Å². The maximum Gasteiger partial charge on any atom is 0.227 e. The molecule has 1 N–H and O–H groups in total. The molecule has 8 nitrogen and oxygen atoms in total. The monoisotopic (exact) mass is 517 g/mol. The van der Waals surface area contributed by atoms with Crippen molar-refractivity contribution in [3.05, 3.63) is 59.1 Å². The first-order chi connectivity index (χ1) is 18.3. The third-order valence-corrected chi connectivity index (χ3v) is 8.09. The molecule has 1 amide bonds. The van der Waals surface area contributed by atoms with Crippen LogP contribution in [-0.4, -0.2) is 36.8 Å². The van der Waals surface area contributed by atoms with Crippen LogP contribution in [0.25, 0.3) is 22.3 Å². The number of hydrogen-bond donors (Lipinski definition) is 1. The van der Waals surface area contributed by atoms with Crippen molar-refractivity contribution in [2.45, 2.75) is 83.9 Å². The number of pyridine rings is 1. The van der Waals surface area contributed by atoms with E-state index in [1.165, 1.54) is 6.07 Å². The predicted molar refractivity (Wildman–Crippen MR) is 141 cm³/mol. The van der Waals surface area contributed by atoms with Gasteiger partial charge in [0, 0.05) is 35.5 Å². The smallest absolute Gasteiger partial charge is 0.227 e. The minimum atomic E-state index is -0.345. The number of anilines is 1.